The van der Waals surface area contributed by atoms with Crippen molar-refractivity contribution in [1.82, 2.24) is 10.6 Å². The summed E-state index contributed by atoms with van der Waals surface area (Å²) in [5, 5.41) is 5.34. The molecule has 1 amide bonds. The van der Waals surface area contributed by atoms with Gasteiger partial charge in [0.2, 0.25) is 5.91 Å². The summed E-state index contributed by atoms with van der Waals surface area (Å²) < 4.78 is 53.5. The van der Waals surface area contributed by atoms with Gasteiger partial charge in [-0.3, -0.25) is 4.79 Å². The van der Waals surface area contributed by atoms with E-state index in [1.165, 1.54) is 0 Å². The summed E-state index contributed by atoms with van der Waals surface area (Å²) in [7, 11) is 0. The largest absolute Gasteiger partial charge is 0.350 e. The highest BCUT2D eigenvalue weighted by atomic mass is 19.2. The zero-order valence-corrected chi connectivity index (χ0v) is 12.5. The smallest absolute Gasteiger partial charge is 0.237 e. The Bertz CT molecular complexity index is 768. The minimum absolute atomic E-state index is 0.135. The molecule has 1 aliphatic heterocycles. The summed E-state index contributed by atoms with van der Waals surface area (Å²) in [6.45, 7) is -0.142. The Labute approximate surface area is 135 Å². The van der Waals surface area contributed by atoms with E-state index < -0.39 is 47.3 Å². The van der Waals surface area contributed by atoms with Gasteiger partial charge in [0, 0.05) is 24.7 Å². The number of benzene rings is 2. The molecule has 1 aliphatic rings. The molecule has 0 aliphatic carbocycles. The quantitative estimate of drug-likeness (QED) is 0.667. The van der Waals surface area contributed by atoms with Gasteiger partial charge < -0.3 is 10.6 Å². The number of rotatable bonds is 3. The second-order valence-electron chi connectivity index (χ2n) is 5.57. The van der Waals surface area contributed by atoms with Gasteiger partial charge in [-0.2, -0.15) is 0 Å². The molecule has 126 valence electrons. The second kappa shape index (κ2) is 6.60. The van der Waals surface area contributed by atoms with Crippen LogP contribution in [0.25, 0.3) is 0 Å². The molecule has 3 nitrogen and oxygen atoms in total. The van der Waals surface area contributed by atoms with E-state index in [1.54, 1.807) is 0 Å². The van der Waals surface area contributed by atoms with Crippen LogP contribution in [0.15, 0.2) is 30.3 Å². The fourth-order valence-corrected chi connectivity index (χ4v) is 2.72. The van der Waals surface area contributed by atoms with Gasteiger partial charge in [-0.05, 0) is 17.5 Å². The molecule has 0 aromatic heterocycles. The molecule has 1 atom stereocenters. The van der Waals surface area contributed by atoms with Crippen molar-refractivity contribution in [1.29, 1.82) is 0 Å². The summed E-state index contributed by atoms with van der Waals surface area (Å²) >= 11 is 0. The van der Waals surface area contributed by atoms with E-state index in [-0.39, 0.29) is 6.07 Å². The molecule has 0 saturated carbocycles. The van der Waals surface area contributed by atoms with Gasteiger partial charge in [0.25, 0.3) is 0 Å². The maximum atomic E-state index is 13.6. The van der Waals surface area contributed by atoms with Crippen LogP contribution in [-0.4, -0.2) is 11.9 Å². The summed E-state index contributed by atoms with van der Waals surface area (Å²) in [5.41, 5.74) is 1.24. The molecule has 0 spiro atoms. The van der Waals surface area contributed by atoms with Crippen LogP contribution in [0, 0.1) is 23.3 Å². The number of halogens is 4. The molecule has 2 N–H and O–H groups in total. The van der Waals surface area contributed by atoms with Gasteiger partial charge in [0.05, 0.1) is 6.04 Å². The number of hydrogen-bond acceptors (Lipinski definition) is 2. The maximum absolute atomic E-state index is 13.6. The monoisotopic (exact) mass is 338 g/mol. The highest BCUT2D eigenvalue weighted by Gasteiger charge is 2.25. The molecular weight excluding hydrogens is 324 g/mol. The molecule has 24 heavy (non-hydrogen) atoms. The van der Waals surface area contributed by atoms with Crippen LogP contribution in [-0.2, 0) is 24.3 Å². The SMILES string of the molecule is O=C(NCc1c(F)c(F)cc(F)c1F)[C@H]1Cc2ccccc2CN1. The lowest BCUT2D eigenvalue weighted by Gasteiger charge is -2.25. The van der Waals surface area contributed by atoms with Crippen LogP contribution >= 0.6 is 0 Å². The van der Waals surface area contributed by atoms with Crippen molar-refractivity contribution in [3.05, 3.63) is 70.3 Å². The topological polar surface area (TPSA) is 41.1 Å². The Morgan fingerprint density at radius 1 is 1.08 bits per heavy atom. The molecule has 2 aromatic rings. The Kier molecular flexibility index (Phi) is 4.53. The first-order valence-corrected chi connectivity index (χ1v) is 7.37. The van der Waals surface area contributed by atoms with E-state index in [2.05, 4.69) is 10.6 Å². The fourth-order valence-electron chi connectivity index (χ4n) is 2.72. The van der Waals surface area contributed by atoms with Crippen molar-refractivity contribution in [2.45, 2.75) is 25.6 Å². The molecule has 0 unspecified atom stereocenters. The van der Waals surface area contributed by atoms with Gasteiger partial charge in [-0.15, -0.1) is 0 Å². The van der Waals surface area contributed by atoms with Crippen molar-refractivity contribution >= 4 is 5.91 Å². The number of carbonyl (C=O) groups excluding carboxylic acids is 1. The minimum atomic E-state index is -1.50. The van der Waals surface area contributed by atoms with Gasteiger partial charge in [-0.1, -0.05) is 24.3 Å². The lowest BCUT2D eigenvalue weighted by molar-refractivity contribution is -0.123. The third kappa shape index (κ3) is 3.12. The molecule has 0 radical (unpaired) electrons. The molecule has 0 saturated heterocycles. The molecular formula is C17H14F4N2O. The van der Waals surface area contributed by atoms with Crippen molar-refractivity contribution in [2.24, 2.45) is 0 Å². The van der Waals surface area contributed by atoms with E-state index in [0.29, 0.717) is 13.0 Å². The van der Waals surface area contributed by atoms with Gasteiger partial charge in [-0.25, -0.2) is 17.6 Å². The Morgan fingerprint density at radius 3 is 2.38 bits per heavy atom. The summed E-state index contributed by atoms with van der Waals surface area (Å²) in [5.74, 6) is -6.49. The first-order valence-electron chi connectivity index (χ1n) is 7.37. The van der Waals surface area contributed by atoms with Gasteiger partial charge in [0.15, 0.2) is 23.3 Å². The summed E-state index contributed by atoms with van der Waals surface area (Å²) in [4.78, 5) is 12.2. The van der Waals surface area contributed by atoms with Crippen LogP contribution in [0.3, 0.4) is 0 Å². The number of nitrogens with one attached hydrogen (secondary N) is 2. The Balaban J connectivity index is 1.69. The standard InChI is InChI=1S/C17H14F4N2O/c18-12-6-13(19)16(21)11(15(12)20)8-23-17(24)14-5-9-3-1-2-4-10(9)7-22-14/h1-4,6,14,22H,5,7-8H2,(H,23,24)/t14-/m1/s1. The highest BCUT2D eigenvalue weighted by molar-refractivity contribution is 5.82. The molecule has 0 bridgehead atoms. The summed E-state index contributed by atoms with van der Waals surface area (Å²) in [6.07, 6.45) is 0.421. The maximum Gasteiger partial charge on any atom is 0.237 e. The predicted molar refractivity (Wildman–Crippen MR) is 78.9 cm³/mol. The first kappa shape index (κ1) is 16.4. The van der Waals surface area contributed by atoms with Gasteiger partial charge >= 0.3 is 0 Å². The average molecular weight is 338 g/mol. The zero-order chi connectivity index (χ0) is 17.3. The van der Waals surface area contributed by atoms with Crippen LogP contribution in [0.5, 0.6) is 0 Å². The summed E-state index contributed by atoms with van der Waals surface area (Å²) in [6, 6.07) is 7.15. The molecule has 0 fully saturated rings. The number of hydrogen-bond donors (Lipinski definition) is 2. The Morgan fingerprint density at radius 2 is 1.71 bits per heavy atom. The number of amides is 1. The molecule has 7 heteroatoms. The van der Waals surface area contributed by atoms with Crippen LogP contribution in [0.4, 0.5) is 17.6 Å². The first-order chi connectivity index (χ1) is 11.5. The van der Waals surface area contributed by atoms with E-state index in [0.717, 1.165) is 11.1 Å². The van der Waals surface area contributed by atoms with Crippen molar-refractivity contribution < 1.29 is 22.4 Å². The number of carbonyl (C=O) groups is 1. The second-order valence-corrected chi connectivity index (χ2v) is 5.57. The fraction of sp³-hybridized carbons (Fsp3) is 0.235. The van der Waals surface area contributed by atoms with E-state index in [1.807, 2.05) is 24.3 Å². The molecule has 1 heterocycles. The van der Waals surface area contributed by atoms with Crippen molar-refractivity contribution in [2.75, 3.05) is 0 Å². The van der Waals surface area contributed by atoms with Crippen LogP contribution in [0.2, 0.25) is 0 Å². The van der Waals surface area contributed by atoms with E-state index >= 15 is 0 Å². The van der Waals surface area contributed by atoms with Crippen LogP contribution < -0.4 is 10.6 Å². The third-order valence-electron chi connectivity index (χ3n) is 4.04. The lowest BCUT2D eigenvalue weighted by Crippen LogP contribution is -2.47. The van der Waals surface area contributed by atoms with Gasteiger partial charge in [0.1, 0.15) is 0 Å². The van der Waals surface area contributed by atoms with Crippen molar-refractivity contribution in [3.63, 3.8) is 0 Å². The molecule has 3 rings (SSSR count). The number of fused-ring (bicyclic) bond motifs is 1. The zero-order valence-electron chi connectivity index (χ0n) is 12.5. The van der Waals surface area contributed by atoms with E-state index in [4.69, 9.17) is 0 Å². The minimum Gasteiger partial charge on any atom is -0.350 e. The normalized spacial score (nSPS) is 16.6. The predicted octanol–water partition coefficient (Wildman–Crippen LogP) is 2.57. The lowest BCUT2D eigenvalue weighted by atomic mass is 9.95. The van der Waals surface area contributed by atoms with Crippen LogP contribution in [0.1, 0.15) is 16.7 Å². The Hall–Kier alpha value is -2.41. The average Bonchev–Trinajstić information content (AvgIpc) is 2.59. The highest BCUT2D eigenvalue weighted by Crippen LogP contribution is 2.20. The van der Waals surface area contributed by atoms with E-state index in [9.17, 15) is 22.4 Å². The third-order valence-corrected chi connectivity index (χ3v) is 4.04. The van der Waals surface area contributed by atoms with Crippen molar-refractivity contribution in [3.8, 4) is 0 Å². The molecule has 2 aromatic carbocycles.